The summed E-state index contributed by atoms with van der Waals surface area (Å²) < 4.78 is 7.34. The van der Waals surface area contributed by atoms with Crippen LogP contribution in [-0.2, 0) is 0 Å². The lowest BCUT2D eigenvalue weighted by Crippen LogP contribution is -2.32. The molecule has 0 bridgehead atoms. The molecule has 0 radical (unpaired) electrons. The molecule has 0 amide bonds. The molecule has 2 atom stereocenters. The summed E-state index contributed by atoms with van der Waals surface area (Å²) in [6, 6.07) is 1.97. The van der Waals surface area contributed by atoms with Gasteiger partial charge in [0.05, 0.1) is 18.2 Å². The van der Waals surface area contributed by atoms with Crippen LogP contribution >= 0.6 is 0 Å². The number of rotatable bonds is 4. The minimum absolute atomic E-state index is 0.0841. The van der Waals surface area contributed by atoms with Gasteiger partial charge in [0, 0.05) is 30.9 Å². The molecule has 1 aliphatic carbocycles. The zero-order valence-electron chi connectivity index (χ0n) is 15.1. The van der Waals surface area contributed by atoms with Crippen LogP contribution in [0, 0.1) is 5.92 Å². The van der Waals surface area contributed by atoms with Crippen LogP contribution in [0.2, 0.25) is 0 Å². The minimum atomic E-state index is -0.473. The topological polar surface area (TPSA) is 119 Å². The number of benzene rings is 1. The Balaban J connectivity index is 1.97. The maximum Gasteiger partial charge on any atom is 0.329 e. The SMILES string of the molecule is COc1c(N2CCC(C(C)N)C2)cc(N)c2c(=O)[nH]c(=O)n(C3CC3)c12. The quantitative estimate of drug-likeness (QED) is 0.694. The molecule has 1 aliphatic heterocycles. The molecule has 1 saturated heterocycles. The monoisotopic (exact) mass is 359 g/mol. The minimum Gasteiger partial charge on any atom is -0.492 e. The molecule has 8 heteroatoms. The summed E-state index contributed by atoms with van der Waals surface area (Å²) in [5.74, 6) is 0.927. The van der Waals surface area contributed by atoms with E-state index in [2.05, 4.69) is 9.88 Å². The second-order valence-corrected chi connectivity index (χ2v) is 7.46. The average Bonchev–Trinajstić information content (AvgIpc) is 3.28. The van der Waals surface area contributed by atoms with Crippen molar-refractivity contribution in [3.05, 3.63) is 26.9 Å². The molecular formula is C18H25N5O3. The van der Waals surface area contributed by atoms with Gasteiger partial charge in [0.15, 0.2) is 5.75 Å². The number of aromatic nitrogens is 2. The Bertz CT molecular complexity index is 973. The van der Waals surface area contributed by atoms with E-state index in [4.69, 9.17) is 16.2 Å². The van der Waals surface area contributed by atoms with Crippen molar-refractivity contribution in [2.75, 3.05) is 30.8 Å². The first-order valence-electron chi connectivity index (χ1n) is 9.08. The summed E-state index contributed by atoms with van der Waals surface area (Å²) in [4.78, 5) is 29.5. The number of nitrogens with two attached hydrogens (primary N) is 2. The molecule has 26 heavy (non-hydrogen) atoms. The largest absolute Gasteiger partial charge is 0.492 e. The smallest absolute Gasteiger partial charge is 0.329 e. The van der Waals surface area contributed by atoms with E-state index in [0.29, 0.717) is 28.3 Å². The van der Waals surface area contributed by atoms with Crippen molar-refractivity contribution in [3.8, 4) is 5.75 Å². The number of hydrogen-bond donors (Lipinski definition) is 3. The molecule has 2 aliphatic rings. The molecule has 2 heterocycles. The molecule has 4 rings (SSSR count). The highest BCUT2D eigenvalue weighted by Crippen LogP contribution is 2.43. The van der Waals surface area contributed by atoms with E-state index in [-0.39, 0.29) is 12.1 Å². The number of anilines is 2. The first-order valence-corrected chi connectivity index (χ1v) is 9.08. The second-order valence-electron chi connectivity index (χ2n) is 7.46. The number of fused-ring (bicyclic) bond motifs is 1. The fourth-order valence-corrected chi connectivity index (χ4v) is 4.00. The lowest BCUT2D eigenvalue weighted by atomic mass is 10.0. The summed E-state index contributed by atoms with van der Waals surface area (Å²) >= 11 is 0. The van der Waals surface area contributed by atoms with Gasteiger partial charge in [-0.3, -0.25) is 14.3 Å². The van der Waals surface area contributed by atoms with E-state index >= 15 is 0 Å². The zero-order valence-corrected chi connectivity index (χ0v) is 15.1. The van der Waals surface area contributed by atoms with Crippen LogP contribution in [0.4, 0.5) is 11.4 Å². The summed E-state index contributed by atoms with van der Waals surface area (Å²) in [7, 11) is 1.57. The lowest BCUT2D eigenvalue weighted by molar-refractivity contribution is 0.416. The standard InChI is InChI=1S/C18H25N5O3/c1-9(19)10-5-6-22(8-10)13-7-12(20)14-15(16(13)26-2)23(11-3-4-11)18(25)21-17(14)24/h7,9-11H,3-6,8,19-20H2,1-2H3,(H,21,24,25). The van der Waals surface area contributed by atoms with Crippen LogP contribution in [0.15, 0.2) is 15.7 Å². The molecule has 0 spiro atoms. The van der Waals surface area contributed by atoms with Gasteiger partial charge in [-0.2, -0.15) is 0 Å². The Morgan fingerprint density at radius 2 is 2.04 bits per heavy atom. The van der Waals surface area contributed by atoms with Crippen LogP contribution in [-0.4, -0.2) is 35.8 Å². The van der Waals surface area contributed by atoms with E-state index in [1.54, 1.807) is 17.7 Å². The number of aromatic amines is 1. The fourth-order valence-electron chi connectivity index (χ4n) is 4.00. The van der Waals surface area contributed by atoms with Gasteiger partial charge in [-0.05, 0) is 38.2 Å². The highest BCUT2D eigenvalue weighted by molar-refractivity contribution is 5.99. The molecule has 8 nitrogen and oxygen atoms in total. The van der Waals surface area contributed by atoms with Gasteiger partial charge in [0.25, 0.3) is 5.56 Å². The predicted octanol–water partition coefficient (Wildman–Crippen LogP) is 0.789. The van der Waals surface area contributed by atoms with Crippen molar-refractivity contribution in [1.29, 1.82) is 0 Å². The Morgan fingerprint density at radius 3 is 2.62 bits per heavy atom. The molecular weight excluding hydrogens is 334 g/mol. The maximum atomic E-state index is 12.5. The number of hydrogen-bond acceptors (Lipinski definition) is 6. The van der Waals surface area contributed by atoms with Crippen molar-refractivity contribution in [2.45, 2.75) is 38.3 Å². The van der Waals surface area contributed by atoms with Gasteiger partial charge in [-0.25, -0.2) is 4.79 Å². The Kier molecular flexibility index (Phi) is 3.95. The first-order chi connectivity index (χ1) is 12.4. The third kappa shape index (κ3) is 2.56. The second kappa shape index (κ2) is 6.05. The number of methoxy groups -OCH3 is 1. The van der Waals surface area contributed by atoms with Crippen LogP contribution in [0.3, 0.4) is 0 Å². The van der Waals surface area contributed by atoms with E-state index in [0.717, 1.165) is 38.0 Å². The highest BCUT2D eigenvalue weighted by Gasteiger charge is 2.32. The van der Waals surface area contributed by atoms with Gasteiger partial charge in [-0.15, -0.1) is 0 Å². The molecule has 1 aromatic carbocycles. The van der Waals surface area contributed by atoms with Crippen molar-refractivity contribution < 1.29 is 4.74 Å². The molecule has 2 aromatic rings. The predicted molar refractivity (Wildman–Crippen MR) is 102 cm³/mol. The number of nitrogens with one attached hydrogen (secondary N) is 1. The van der Waals surface area contributed by atoms with E-state index in [1.165, 1.54) is 0 Å². The maximum absolute atomic E-state index is 12.5. The molecule has 140 valence electrons. The van der Waals surface area contributed by atoms with Gasteiger partial charge in [0.1, 0.15) is 5.52 Å². The van der Waals surface area contributed by atoms with Crippen LogP contribution < -0.4 is 32.4 Å². The van der Waals surface area contributed by atoms with Gasteiger partial charge in [0.2, 0.25) is 0 Å². The molecule has 2 unspecified atom stereocenters. The van der Waals surface area contributed by atoms with E-state index in [1.807, 2.05) is 6.92 Å². The highest BCUT2D eigenvalue weighted by atomic mass is 16.5. The first kappa shape index (κ1) is 17.0. The summed E-state index contributed by atoms with van der Waals surface area (Å²) in [5.41, 5.74) is 13.1. The van der Waals surface area contributed by atoms with Gasteiger partial charge < -0.3 is 21.1 Å². The van der Waals surface area contributed by atoms with Crippen molar-refractivity contribution >= 4 is 22.3 Å². The molecule has 1 saturated carbocycles. The van der Waals surface area contributed by atoms with Crippen LogP contribution in [0.1, 0.15) is 32.2 Å². The Morgan fingerprint density at radius 1 is 1.31 bits per heavy atom. The number of nitrogens with zero attached hydrogens (tertiary/aromatic N) is 2. The number of nitrogen functional groups attached to an aromatic ring is 1. The van der Waals surface area contributed by atoms with Gasteiger partial charge >= 0.3 is 5.69 Å². The number of H-pyrrole nitrogens is 1. The molecule has 1 aromatic heterocycles. The van der Waals surface area contributed by atoms with Gasteiger partial charge in [-0.1, -0.05) is 0 Å². The fraction of sp³-hybridized carbons (Fsp3) is 0.556. The Labute approximate surface area is 150 Å². The Hall–Kier alpha value is -2.48. The summed E-state index contributed by atoms with van der Waals surface area (Å²) in [6.45, 7) is 3.66. The lowest BCUT2D eigenvalue weighted by Gasteiger charge is -2.25. The number of ether oxygens (including phenoxy) is 1. The normalized spacial score (nSPS) is 21.3. The third-order valence-corrected chi connectivity index (χ3v) is 5.60. The van der Waals surface area contributed by atoms with E-state index < -0.39 is 11.2 Å². The van der Waals surface area contributed by atoms with E-state index in [9.17, 15) is 9.59 Å². The van der Waals surface area contributed by atoms with Crippen molar-refractivity contribution in [1.82, 2.24) is 9.55 Å². The molecule has 5 N–H and O–H groups in total. The van der Waals surface area contributed by atoms with Crippen molar-refractivity contribution in [2.24, 2.45) is 11.7 Å². The molecule has 2 fully saturated rings. The summed E-state index contributed by atoms with van der Waals surface area (Å²) in [5, 5.41) is 0.319. The summed E-state index contributed by atoms with van der Waals surface area (Å²) in [6.07, 6.45) is 2.80. The third-order valence-electron chi connectivity index (χ3n) is 5.60. The zero-order chi connectivity index (χ0) is 18.6. The van der Waals surface area contributed by atoms with Crippen LogP contribution in [0.5, 0.6) is 5.75 Å². The van der Waals surface area contributed by atoms with Crippen LogP contribution in [0.25, 0.3) is 10.9 Å². The average molecular weight is 359 g/mol. The van der Waals surface area contributed by atoms with Crippen molar-refractivity contribution in [3.63, 3.8) is 0 Å².